The zero-order valence-electron chi connectivity index (χ0n) is 8.47. The lowest BCUT2D eigenvalue weighted by molar-refractivity contribution is -0.139. The number of rotatable bonds is 6. The van der Waals surface area contributed by atoms with Gasteiger partial charge in [0.15, 0.2) is 4.34 Å². The van der Waals surface area contributed by atoms with Crippen LogP contribution in [0.15, 0.2) is 9.85 Å². The number of carboxylic acid groups (broad SMARTS) is 1. The molecule has 0 aliphatic carbocycles. The van der Waals surface area contributed by atoms with Gasteiger partial charge in [0.2, 0.25) is 0 Å². The summed E-state index contributed by atoms with van der Waals surface area (Å²) in [5.41, 5.74) is 1.58. The van der Waals surface area contributed by atoms with Crippen molar-refractivity contribution in [2.75, 3.05) is 13.7 Å². The monoisotopic (exact) mass is 248 g/mol. The van der Waals surface area contributed by atoms with Gasteiger partial charge in [0.05, 0.1) is 0 Å². The number of nitrogens with zero attached hydrogens (tertiary/aromatic N) is 2. The largest absolute Gasteiger partial charge is 0.480 e. The Balaban J connectivity index is 2.68. The zero-order valence-corrected chi connectivity index (χ0v) is 10.1. The SMILES string of the molecule is COCCC(C)(Sc1nncs1)C(=O)O. The second-order valence-corrected chi connectivity index (χ2v) is 5.67. The maximum absolute atomic E-state index is 11.1. The van der Waals surface area contributed by atoms with E-state index in [1.807, 2.05) is 0 Å². The van der Waals surface area contributed by atoms with E-state index < -0.39 is 10.7 Å². The summed E-state index contributed by atoms with van der Waals surface area (Å²) in [6, 6.07) is 0. The van der Waals surface area contributed by atoms with Crippen molar-refractivity contribution in [1.29, 1.82) is 0 Å². The third-order valence-electron chi connectivity index (χ3n) is 1.89. The highest BCUT2D eigenvalue weighted by atomic mass is 32.2. The van der Waals surface area contributed by atoms with Crippen LogP contribution >= 0.6 is 23.1 Å². The number of methoxy groups -OCH3 is 1. The van der Waals surface area contributed by atoms with Crippen molar-refractivity contribution in [2.45, 2.75) is 22.4 Å². The van der Waals surface area contributed by atoms with E-state index in [4.69, 9.17) is 9.84 Å². The van der Waals surface area contributed by atoms with Crippen LogP contribution < -0.4 is 0 Å². The molecule has 15 heavy (non-hydrogen) atoms. The summed E-state index contributed by atoms with van der Waals surface area (Å²) in [5.74, 6) is -0.861. The molecule has 0 aromatic carbocycles. The summed E-state index contributed by atoms with van der Waals surface area (Å²) >= 11 is 2.55. The number of carboxylic acids is 1. The van der Waals surface area contributed by atoms with Crippen molar-refractivity contribution in [1.82, 2.24) is 10.2 Å². The Morgan fingerprint density at radius 1 is 1.80 bits per heavy atom. The molecular weight excluding hydrogens is 236 g/mol. The summed E-state index contributed by atoms with van der Waals surface area (Å²) in [5, 5.41) is 16.6. The first-order valence-corrected chi connectivity index (χ1v) is 5.95. The van der Waals surface area contributed by atoms with E-state index >= 15 is 0 Å². The van der Waals surface area contributed by atoms with Crippen molar-refractivity contribution >= 4 is 29.1 Å². The van der Waals surface area contributed by atoms with Crippen LogP contribution in [0.4, 0.5) is 0 Å². The van der Waals surface area contributed by atoms with Gasteiger partial charge in [-0.05, 0) is 13.3 Å². The molecule has 1 rings (SSSR count). The summed E-state index contributed by atoms with van der Waals surface area (Å²) < 4.78 is 4.65. The molecule has 1 unspecified atom stereocenters. The quantitative estimate of drug-likeness (QED) is 0.769. The summed E-state index contributed by atoms with van der Waals surface area (Å²) in [6.07, 6.45) is 0.434. The van der Waals surface area contributed by atoms with Crippen LogP contribution in [0.3, 0.4) is 0 Å². The Hall–Kier alpha value is -0.660. The summed E-state index contributed by atoms with van der Waals surface area (Å²) in [7, 11) is 1.55. The lowest BCUT2D eigenvalue weighted by Crippen LogP contribution is -2.32. The number of hydrogen-bond acceptors (Lipinski definition) is 6. The van der Waals surface area contributed by atoms with Crippen LogP contribution in [-0.4, -0.2) is 39.7 Å². The number of carbonyl (C=O) groups is 1. The first kappa shape index (κ1) is 12.4. The van der Waals surface area contributed by atoms with Gasteiger partial charge in [0.25, 0.3) is 0 Å². The Labute approximate surface area is 95.9 Å². The third kappa shape index (κ3) is 3.44. The molecule has 7 heteroatoms. The van der Waals surface area contributed by atoms with Crippen molar-refractivity contribution < 1.29 is 14.6 Å². The predicted octanol–water partition coefficient (Wildman–Crippen LogP) is 1.51. The molecule has 0 radical (unpaired) electrons. The molecule has 0 bridgehead atoms. The minimum atomic E-state index is -0.907. The Morgan fingerprint density at radius 3 is 3.00 bits per heavy atom. The van der Waals surface area contributed by atoms with E-state index in [0.29, 0.717) is 17.4 Å². The molecule has 0 spiro atoms. The van der Waals surface area contributed by atoms with Gasteiger partial charge in [0, 0.05) is 13.7 Å². The molecule has 0 saturated carbocycles. The van der Waals surface area contributed by atoms with E-state index in [1.54, 1.807) is 19.5 Å². The maximum Gasteiger partial charge on any atom is 0.320 e. The lowest BCUT2D eigenvalue weighted by atomic mass is 10.1. The van der Waals surface area contributed by atoms with Crippen molar-refractivity contribution in [3.63, 3.8) is 0 Å². The molecule has 0 aliphatic heterocycles. The van der Waals surface area contributed by atoms with E-state index in [-0.39, 0.29) is 0 Å². The number of hydrogen-bond donors (Lipinski definition) is 1. The number of thioether (sulfide) groups is 1. The van der Waals surface area contributed by atoms with Crippen LogP contribution in [-0.2, 0) is 9.53 Å². The number of aliphatic carboxylic acids is 1. The predicted molar refractivity (Wildman–Crippen MR) is 58.3 cm³/mol. The van der Waals surface area contributed by atoms with Crippen LogP contribution in [0, 0.1) is 0 Å². The fourth-order valence-electron chi connectivity index (χ4n) is 0.899. The minimum absolute atomic E-state index is 0.411. The lowest BCUT2D eigenvalue weighted by Gasteiger charge is -2.21. The smallest absolute Gasteiger partial charge is 0.320 e. The summed E-state index contributed by atoms with van der Waals surface area (Å²) in [6.45, 7) is 2.08. The molecule has 1 aromatic heterocycles. The molecule has 0 saturated heterocycles. The van der Waals surface area contributed by atoms with E-state index in [2.05, 4.69) is 10.2 Å². The van der Waals surface area contributed by atoms with Gasteiger partial charge in [-0.1, -0.05) is 23.1 Å². The van der Waals surface area contributed by atoms with E-state index in [1.165, 1.54) is 23.1 Å². The van der Waals surface area contributed by atoms with Gasteiger partial charge in [-0.3, -0.25) is 4.79 Å². The second-order valence-electron chi connectivity index (χ2n) is 3.09. The van der Waals surface area contributed by atoms with Crippen LogP contribution in [0.1, 0.15) is 13.3 Å². The zero-order chi connectivity index (χ0) is 11.3. The second kappa shape index (κ2) is 5.43. The Morgan fingerprint density at radius 2 is 2.53 bits per heavy atom. The fourth-order valence-corrected chi connectivity index (χ4v) is 2.80. The number of ether oxygens (including phenoxy) is 1. The average Bonchev–Trinajstić information content (AvgIpc) is 2.67. The van der Waals surface area contributed by atoms with Crippen LogP contribution in [0.25, 0.3) is 0 Å². The molecule has 1 N–H and O–H groups in total. The normalized spacial score (nSPS) is 14.8. The summed E-state index contributed by atoms with van der Waals surface area (Å²) in [4.78, 5) is 11.1. The maximum atomic E-state index is 11.1. The van der Waals surface area contributed by atoms with Crippen LogP contribution in [0.5, 0.6) is 0 Å². The first-order chi connectivity index (χ1) is 7.08. The van der Waals surface area contributed by atoms with Gasteiger partial charge in [-0.15, -0.1) is 10.2 Å². The molecule has 5 nitrogen and oxygen atoms in total. The molecule has 1 aromatic rings. The molecule has 0 fully saturated rings. The highest BCUT2D eigenvalue weighted by Crippen LogP contribution is 2.36. The van der Waals surface area contributed by atoms with Crippen molar-refractivity contribution in [3.05, 3.63) is 5.51 Å². The Bertz CT molecular complexity index is 318. The van der Waals surface area contributed by atoms with E-state index in [0.717, 1.165) is 0 Å². The molecule has 1 atom stereocenters. The van der Waals surface area contributed by atoms with Gasteiger partial charge in [0.1, 0.15) is 10.3 Å². The molecular formula is C8H12N2O3S2. The van der Waals surface area contributed by atoms with Crippen molar-refractivity contribution in [3.8, 4) is 0 Å². The standard InChI is InChI=1S/C8H12N2O3S2/c1-8(6(11)12,3-4-13-2)15-7-10-9-5-14-7/h5H,3-4H2,1-2H3,(H,11,12). The highest BCUT2D eigenvalue weighted by Gasteiger charge is 2.35. The first-order valence-electron chi connectivity index (χ1n) is 4.26. The third-order valence-corrected chi connectivity index (χ3v) is 4.00. The minimum Gasteiger partial charge on any atom is -0.480 e. The Kier molecular flexibility index (Phi) is 4.49. The highest BCUT2D eigenvalue weighted by molar-refractivity contribution is 8.03. The van der Waals surface area contributed by atoms with E-state index in [9.17, 15) is 4.79 Å². The topological polar surface area (TPSA) is 72.3 Å². The van der Waals surface area contributed by atoms with Gasteiger partial charge < -0.3 is 9.84 Å². The van der Waals surface area contributed by atoms with Gasteiger partial charge in [-0.25, -0.2) is 0 Å². The molecule has 0 amide bonds. The van der Waals surface area contributed by atoms with Crippen molar-refractivity contribution in [2.24, 2.45) is 0 Å². The van der Waals surface area contributed by atoms with Crippen LogP contribution in [0.2, 0.25) is 0 Å². The van der Waals surface area contributed by atoms with Gasteiger partial charge in [-0.2, -0.15) is 0 Å². The number of aromatic nitrogens is 2. The average molecular weight is 248 g/mol. The molecule has 0 aliphatic rings. The fraction of sp³-hybridized carbons (Fsp3) is 0.625. The molecule has 1 heterocycles. The molecule has 84 valence electrons. The van der Waals surface area contributed by atoms with Gasteiger partial charge >= 0.3 is 5.97 Å².